The molecule has 2 aromatic heterocycles. The van der Waals surface area contributed by atoms with E-state index in [9.17, 15) is 9.59 Å². The maximum Gasteiger partial charge on any atom is 0.290 e. The minimum absolute atomic E-state index is 0.291. The number of carbonyl (C=O) groups excluding carboxylic acids is 2. The fourth-order valence-electron chi connectivity index (χ4n) is 2.81. The monoisotopic (exact) mass is 382 g/mol. The molecule has 1 aliphatic heterocycles. The van der Waals surface area contributed by atoms with Crippen molar-refractivity contribution in [3.8, 4) is 22.6 Å². The fourth-order valence-corrected chi connectivity index (χ4v) is 3.48. The molecule has 136 valence electrons. The van der Waals surface area contributed by atoms with Gasteiger partial charge in [0.1, 0.15) is 11.3 Å². The predicted molar refractivity (Wildman–Crippen MR) is 102 cm³/mol. The molecule has 1 aromatic carbocycles. The fraction of sp³-hybridized carbons (Fsp3) is 0.105. The number of amides is 2. The smallest absolute Gasteiger partial charge is 0.290 e. The van der Waals surface area contributed by atoms with E-state index in [-0.39, 0.29) is 0 Å². The van der Waals surface area contributed by atoms with E-state index in [4.69, 9.17) is 13.9 Å². The number of fused-ring (bicyclic) bond motifs is 1. The summed E-state index contributed by atoms with van der Waals surface area (Å²) in [5, 5.41) is 2.61. The average molecular weight is 382 g/mol. The zero-order chi connectivity index (χ0) is 19.0. The zero-order valence-corrected chi connectivity index (χ0v) is 15.3. The summed E-state index contributed by atoms with van der Waals surface area (Å²) in [6.45, 7) is 0. The van der Waals surface area contributed by atoms with E-state index in [0.29, 0.717) is 27.7 Å². The molecule has 8 heteroatoms. The Labute approximate surface area is 158 Å². The Morgan fingerprint density at radius 3 is 2.63 bits per heavy atom. The third-order valence-electron chi connectivity index (χ3n) is 4.05. The van der Waals surface area contributed by atoms with Gasteiger partial charge in [0.2, 0.25) is 0 Å². The molecule has 27 heavy (non-hydrogen) atoms. The predicted octanol–water partition coefficient (Wildman–Crippen LogP) is 3.84. The number of nitrogens with zero attached hydrogens (tertiary/aromatic N) is 1. The number of pyridine rings is 1. The van der Waals surface area contributed by atoms with Crippen molar-refractivity contribution in [2.45, 2.75) is 0 Å². The molecule has 0 saturated carbocycles. The second kappa shape index (κ2) is 6.81. The van der Waals surface area contributed by atoms with Crippen molar-refractivity contribution in [3.05, 3.63) is 47.3 Å². The number of ether oxygens (including phenoxy) is 2. The summed E-state index contributed by atoms with van der Waals surface area (Å²) >= 11 is 0.843. The number of hydrogen-bond donors (Lipinski definition) is 1. The van der Waals surface area contributed by atoms with Crippen LogP contribution in [-0.2, 0) is 4.79 Å². The Hall–Kier alpha value is -3.26. The number of hydrogen-bond acceptors (Lipinski definition) is 7. The summed E-state index contributed by atoms with van der Waals surface area (Å²) in [7, 11) is 3.15. The molecule has 3 aromatic rings. The first-order valence-corrected chi connectivity index (χ1v) is 8.75. The van der Waals surface area contributed by atoms with Crippen LogP contribution < -0.4 is 14.8 Å². The number of nitrogens with one attached hydrogen (secondary N) is 1. The van der Waals surface area contributed by atoms with Crippen LogP contribution in [0.4, 0.5) is 4.79 Å². The van der Waals surface area contributed by atoms with Gasteiger partial charge in [0.25, 0.3) is 11.1 Å². The van der Waals surface area contributed by atoms with Gasteiger partial charge in [0.15, 0.2) is 11.5 Å². The second-order valence-corrected chi connectivity index (χ2v) is 6.69. The van der Waals surface area contributed by atoms with Gasteiger partial charge in [-0.1, -0.05) is 6.07 Å². The van der Waals surface area contributed by atoms with Gasteiger partial charge in [-0.3, -0.25) is 19.9 Å². The highest BCUT2D eigenvalue weighted by Gasteiger charge is 2.25. The Morgan fingerprint density at radius 1 is 1.11 bits per heavy atom. The molecule has 3 heterocycles. The van der Waals surface area contributed by atoms with E-state index in [1.165, 1.54) is 0 Å². The average Bonchev–Trinajstić information content (AvgIpc) is 3.22. The van der Waals surface area contributed by atoms with Crippen molar-refractivity contribution < 1.29 is 23.5 Å². The van der Waals surface area contributed by atoms with E-state index >= 15 is 0 Å². The summed E-state index contributed by atoms with van der Waals surface area (Å²) < 4.78 is 16.6. The largest absolute Gasteiger partial charge is 0.493 e. The van der Waals surface area contributed by atoms with E-state index in [0.717, 1.165) is 28.3 Å². The first-order valence-electron chi connectivity index (χ1n) is 7.94. The standard InChI is InChI=1S/C19H14N2O5S/c1-24-14-4-3-10(6-15(14)25-2)13-9-20-8-11-5-12(26-17(11)13)7-16-18(22)21-19(23)27-16/h3-9H,1-2H3,(H,21,22,23)/b16-7+. The van der Waals surface area contributed by atoms with Crippen LogP contribution in [0.5, 0.6) is 11.5 Å². The molecule has 1 aliphatic rings. The minimum Gasteiger partial charge on any atom is -0.493 e. The minimum atomic E-state index is -0.427. The Kier molecular flexibility index (Phi) is 4.33. The highest BCUT2D eigenvalue weighted by molar-refractivity contribution is 8.18. The molecule has 0 aliphatic carbocycles. The summed E-state index contributed by atoms with van der Waals surface area (Å²) in [5.74, 6) is 1.26. The molecule has 4 rings (SSSR count). The number of benzene rings is 1. The summed E-state index contributed by atoms with van der Waals surface area (Å²) in [6.07, 6.45) is 4.92. The van der Waals surface area contributed by atoms with Crippen LogP contribution >= 0.6 is 11.8 Å². The van der Waals surface area contributed by atoms with E-state index in [2.05, 4.69) is 10.3 Å². The molecule has 2 amide bonds. The molecule has 7 nitrogen and oxygen atoms in total. The first-order chi connectivity index (χ1) is 13.1. The molecule has 0 unspecified atom stereocenters. The molecule has 0 atom stereocenters. The molecular weight excluding hydrogens is 368 g/mol. The maximum atomic E-state index is 11.7. The summed E-state index contributed by atoms with van der Waals surface area (Å²) in [5.41, 5.74) is 2.25. The molecular formula is C19H14N2O5S. The van der Waals surface area contributed by atoms with Crippen LogP contribution in [0.2, 0.25) is 0 Å². The molecule has 0 spiro atoms. The lowest BCUT2D eigenvalue weighted by Crippen LogP contribution is -2.17. The van der Waals surface area contributed by atoms with Crippen molar-refractivity contribution in [2.24, 2.45) is 0 Å². The molecule has 1 saturated heterocycles. The highest BCUT2D eigenvalue weighted by atomic mass is 32.2. The number of aromatic nitrogens is 1. The van der Waals surface area contributed by atoms with Crippen molar-refractivity contribution in [1.29, 1.82) is 0 Å². The van der Waals surface area contributed by atoms with Gasteiger partial charge in [-0.25, -0.2) is 0 Å². The topological polar surface area (TPSA) is 90.7 Å². The number of imide groups is 1. The zero-order valence-electron chi connectivity index (χ0n) is 14.4. The first kappa shape index (κ1) is 17.2. The number of thioether (sulfide) groups is 1. The quantitative estimate of drug-likeness (QED) is 0.686. The van der Waals surface area contributed by atoms with Crippen molar-refractivity contribution in [1.82, 2.24) is 10.3 Å². The lowest BCUT2D eigenvalue weighted by Gasteiger charge is -2.09. The normalized spacial score (nSPS) is 15.4. The second-order valence-electron chi connectivity index (χ2n) is 5.68. The molecule has 0 radical (unpaired) electrons. The Bertz CT molecular complexity index is 1100. The maximum absolute atomic E-state index is 11.7. The van der Waals surface area contributed by atoms with Gasteiger partial charge in [0, 0.05) is 29.4 Å². The van der Waals surface area contributed by atoms with Crippen molar-refractivity contribution in [3.63, 3.8) is 0 Å². The third-order valence-corrected chi connectivity index (χ3v) is 4.86. The number of rotatable bonds is 4. The SMILES string of the molecule is COc1ccc(-c2cncc3cc(/C=C4/SC(=O)NC4=O)oc23)cc1OC. The number of furan rings is 1. The lowest BCUT2D eigenvalue weighted by molar-refractivity contribution is -0.115. The van der Waals surface area contributed by atoms with Gasteiger partial charge in [-0.15, -0.1) is 0 Å². The van der Waals surface area contributed by atoms with E-state index in [1.807, 2.05) is 18.2 Å². The van der Waals surface area contributed by atoms with Crippen LogP contribution in [0.25, 0.3) is 28.2 Å². The van der Waals surface area contributed by atoms with Gasteiger partial charge in [-0.05, 0) is 35.5 Å². The van der Waals surface area contributed by atoms with Crippen molar-refractivity contribution >= 4 is 40.0 Å². The van der Waals surface area contributed by atoms with Crippen LogP contribution in [-0.4, -0.2) is 30.3 Å². The van der Waals surface area contributed by atoms with Crippen LogP contribution in [0, 0.1) is 0 Å². The number of methoxy groups -OCH3 is 2. The van der Waals surface area contributed by atoms with Gasteiger partial charge >= 0.3 is 0 Å². The summed E-state index contributed by atoms with van der Waals surface area (Å²) in [6, 6.07) is 7.31. The van der Waals surface area contributed by atoms with Gasteiger partial charge in [-0.2, -0.15) is 0 Å². The van der Waals surface area contributed by atoms with Crippen LogP contribution in [0.3, 0.4) is 0 Å². The Balaban J connectivity index is 1.79. The van der Waals surface area contributed by atoms with E-state index < -0.39 is 11.1 Å². The molecule has 0 bridgehead atoms. The van der Waals surface area contributed by atoms with Crippen LogP contribution in [0.15, 0.2) is 46.0 Å². The lowest BCUT2D eigenvalue weighted by atomic mass is 10.1. The van der Waals surface area contributed by atoms with Gasteiger partial charge in [0.05, 0.1) is 19.1 Å². The van der Waals surface area contributed by atoms with Gasteiger partial charge < -0.3 is 13.9 Å². The third kappa shape index (κ3) is 3.15. The van der Waals surface area contributed by atoms with Crippen molar-refractivity contribution in [2.75, 3.05) is 14.2 Å². The van der Waals surface area contributed by atoms with Crippen LogP contribution in [0.1, 0.15) is 5.76 Å². The Morgan fingerprint density at radius 2 is 1.93 bits per heavy atom. The number of carbonyl (C=O) groups is 2. The van der Waals surface area contributed by atoms with E-state index in [1.54, 1.807) is 38.8 Å². The molecule has 1 fully saturated rings. The highest BCUT2D eigenvalue weighted by Crippen LogP contribution is 2.36. The molecule has 1 N–H and O–H groups in total. The summed E-state index contributed by atoms with van der Waals surface area (Å²) in [4.78, 5) is 27.6.